The molecule has 4 N–H and O–H groups in total. The van der Waals surface area contributed by atoms with E-state index >= 15 is 0 Å². The molecule has 0 saturated carbocycles. The second-order valence-electron chi connectivity index (χ2n) is 9.46. The standard InChI is InChI=1S/C24H33N7O3S/c1-5-26-23(34)29-20-18(16-7-6-15(4)27-19(16)35-20)21(32)31-10-8-24(9-11-31)22(33)28-17(30-24)13-25-12-14(2)3/h6-7,14,25H,5,8-13H2,1-4H3,(H2,26,29,34)(H,28,30,33). The lowest BCUT2D eigenvalue weighted by molar-refractivity contribution is -0.125. The number of aromatic nitrogens is 1. The molecule has 0 aromatic carbocycles. The van der Waals surface area contributed by atoms with Gasteiger partial charge in [-0.05, 0) is 51.3 Å². The van der Waals surface area contributed by atoms with Gasteiger partial charge in [0.2, 0.25) is 0 Å². The highest BCUT2D eigenvalue weighted by Crippen LogP contribution is 2.37. The normalized spacial score (nSPS) is 17.1. The van der Waals surface area contributed by atoms with Crippen molar-refractivity contribution in [2.24, 2.45) is 10.9 Å². The van der Waals surface area contributed by atoms with E-state index in [9.17, 15) is 14.4 Å². The molecule has 1 fully saturated rings. The van der Waals surface area contributed by atoms with E-state index in [1.54, 1.807) is 4.90 Å². The molecule has 188 valence electrons. The van der Waals surface area contributed by atoms with Gasteiger partial charge in [-0.2, -0.15) is 0 Å². The summed E-state index contributed by atoms with van der Waals surface area (Å²) in [5.41, 5.74) is 0.465. The molecule has 35 heavy (non-hydrogen) atoms. The van der Waals surface area contributed by atoms with Gasteiger partial charge in [0.25, 0.3) is 11.8 Å². The van der Waals surface area contributed by atoms with Crippen LogP contribution in [0.4, 0.5) is 9.80 Å². The van der Waals surface area contributed by atoms with Crippen molar-refractivity contribution < 1.29 is 14.4 Å². The van der Waals surface area contributed by atoms with Crippen LogP contribution in [0.3, 0.4) is 0 Å². The first-order valence-electron chi connectivity index (χ1n) is 12.1. The molecule has 0 bridgehead atoms. The summed E-state index contributed by atoms with van der Waals surface area (Å²) < 4.78 is 0. The number of piperidine rings is 1. The number of hydrogen-bond donors (Lipinski definition) is 4. The zero-order valence-corrected chi connectivity index (χ0v) is 21.5. The van der Waals surface area contributed by atoms with Crippen molar-refractivity contribution in [2.75, 3.05) is 38.0 Å². The maximum absolute atomic E-state index is 13.7. The summed E-state index contributed by atoms with van der Waals surface area (Å²) in [7, 11) is 0. The largest absolute Gasteiger partial charge is 0.338 e. The fourth-order valence-corrected chi connectivity index (χ4v) is 5.51. The Balaban J connectivity index is 1.51. The van der Waals surface area contributed by atoms with Crippen molar-refractivity contribution >= 4 is 50.2 Å². The Morgan fingerprint density at radius 3 is 2.69 bits per heavy atom. The number of fused-ring (bicyclic) bond motifs is 1. The predicted molar refractivity (Wildman–Crippen MR) is 138 cm³/mol. The Labute approximate surface area is 209 Å². The van der Waals surface area contributed by atoms with Crippen molar-refractivity contribution in [1.82, 2.24) is 25.8 Å². The van der Waals surface area contributed by atoms with E-state index in [4.69, 9.17) is 4.99 Å². The fourth-order valence-electron chi connectivity index (χ4n) is 4.40. The topological polar surface area (TPSA) is 128 Å². The summed E-state index contributed by atoms with van der Waals surface area (Å²) in [6.07, 6.45) is 0.910. The molecule has 4 amide bonds. The Hall–Kier alpha value is -3.05. The van der Waals surface area contributed by atoms with Gasteiger partial charge < -0.3 is 20.9 Å². The zero-order valence-electron chi connectivity index (χ0n) is 20.7. The summed E-state index contributed by atoms with van der Waals surface area (Å²) in [4.78, 5) is 50.4. The van der Waals surface area contributed by atoms with Gasteiger partial charge in [-0.25, -0.2) is 9.78 Å². The predicted octanol–water partition coefficient (Wildman–Crippen LogP) is 2.49. The van der Waals surface area contributed by atoms with Crippen molar-refractivity contribution in [3.8, 4) is 0 Å². The van der Waals surface area contributed by atoms with Crippen LogP contribution < -0.4 is 21.3 Å². The number of aryl methyl sites for hydroxylation is 1. The highest BCUT2D eigenvalue weighted by Gasteiger charge is 2.46. The summed E-state index contributed by atoms with van der Waals surface area (Å²) in [5.74, 6) is 0.903. The molecule has 2 aromatic heterocycles. The van der Waals surface area contributed by atoms with E-state index < -0.39 is 5.54 Å². The van der Waals surface area contributed by atoms with Gasteiger partial charge in [-0.3, -0.25) is 19.9 Å². The number of nitrogens with one attached hydrogen (secondary N) is 4. The van der Waals surface area contributed by atoms with Crippen LogP contribution in [-0.2, 0) is 4.79 Å². The van der Waals surface area contributed by atoms with Crippen LogP contribution in [-0.4, -0.2) is 71.8 Å². The summed E-state index contributed by atoms with van der Waals surface area (Å²) in [6.45, 7) is 10.6. The number of likely N-dealkylation sites (tertiary alicyclic amines) is 1. The number of carbonyl (C=O) groups excluding carboxylic acids is 3. The van der Waals surface area contributed by atoms with Crippen LogP contribution in [0.2, 0.25) is 0 Å². The molecule has 1 spiro atoms. The Kier molecular flexibility index (Phi) is 7.36. The molecule has 10 nitrogen and oxygen atoms in total. The molecule has 0 unspecified atom stereocenters. The molecule has 2 aliphatic heterocycles. The van der Waals surface area contributed by atoms with Crippen LogP contribution in [0.25, 0.3) is 10.2 Å². The number of thiophene rings is 1. The van der Waals surface area contributed by atoms with Crippen LogP contribution in [0.1, 0.15) is 49.7 Å². The maximum atomic E-state index is 13.7. The van der Waals surface area contributed by atoms with E-state index in [2.05, 4.69) is 40.1 Å². The molecule has 4 rings (SSSR count). The van der Waals surface area contributed by atoms with E-state index in [0.29, 0.717) is 71.6 Å². The molecular formula is C24H33N7O3S. The number of pyridine rings is 1. The van der Waals surface area contributed by atoms with E-state index in [1.807, 2.05) is 26.0 Å². The highest BCUT2D eigenvalue weighted by molar-refractivity contribution is 7.23. The van der Waals surface area contributed by atoms with Gasteiger partial charge in [-0.15, -0.1) is 0 Å². The lowest BCUT2D eigenvalue weighted by Crippen LogP contribution is -2.50. The van der Waals surface area contributed by atoms with Crippen LogP contribution in [0, 0.1) is 12.8 Å². The smallest absolute Gasteiger partial charge is 0.319 e. The van der Waals surface area contributed by atoms with Gasteiger partial charge in [0, 0.05) is 30.7 Å². The molecule has 2 aromatic rings. The first-order valence-corrected chi connectivity index (χ1v) is 12.9. The summed E-state index contributed by atoms with van der Waals surface area (Å²) in [6, 6.07) is 3.37. The summed E-state index contributed by atoms with van der Waals surface area (Å²) in [5, 5.41) is 12.9. The number of aliphatic imine (C=N–C) groups is 1. The lowest BCUT2D eigenvalue weighted by atomic mass is 9.87. The van der Waals surface area contributed by atoms with Crippen molar-refractivity contribution in [3.05, 3.63) is 23.4 Å². The molecule has 1 saturated heterocycles. The molecule has 2 aliphatic rings. The maximum Gasteiger partial charge on any atom is 0.319 e. The average Bonchev–Trinajstić information content (AvgIpc) is 3.29. The van der Waals surface area contributed by atoms with E-state index in [1.165, 1.54) is 11.3 Å². The van der Waals surface area contributed by atoms with Gasteiger partial charge in [0.1, 0.15) is 21.2 Å². The second-order valence-corrected chi connectivity index (χ2v) is 10.5. The lowest BCUT2D eigenvalue weighted by Gasteiger charge is -2.35. The number of amides is 4. The van der Waals surface area contributed by atoms with Crippen LogP contribution in [0.5, 0.6) is 0 Å². The quantitative estimate of drug-likeness (QED) is 0.465. The molecule has 0 atom stereocenters. The van der Waals surface area contributed by atoms with Crippen molar-refractivity contribution in [3.63, 3.8) is 0 Å². The minimum Gasteiger partial charge on any atom is -0.338 e. The van der Waals surface area contributed by atoms with E-state index in [0.717, 1.165) is 12.2 Å². The monoisotopic (exact) mass is 499 g/mol. The van der Waals surface area contributed by atoms with Gasteiger partial charge in [0.15, 0.2) is 0 Å². The van der Waals surface area contributed by atoms with Crippen molar-refractivity contribution in [2.45, 2.75) is 46.1 Å². The third-order valence-electron chi connectivity index (χ3n) is 6.23. The first kappa shape index (κ1) is 25.1. The van der Waals surface area contributed by atoms with Crippen molar-refractivity contribution in [1.29, 1.82) is 0 Å². The van der Waals surface area contributed by atoms with Crippen LogP contribution >= 0.6 is 11.3 Å². The Morgan fingerprint density at radius 2 is 2.00 bits per heavy atom. The fraction of sp³-hybridized carbons (Fsp3) is 0.542. The molecule has 11 heteroatoms. The third-order valence-corrected chi connectivity index (χ3v) is 7.24. The number of urea groups is 1. The number of hydrogen-bond acceptors (Lipinski definition) is 7. The first-order chi connectivity index (χ1) is 16.7. The van der Waals surface area contributed by atoms with E-state index in [-0.39, 0.29) is 17.8 Å². The number of nitrogens with zero attached hydrogens (tertiary/aromatic N) is 3. The summed E-state index contributed by atoms with van der Waals surface area (Å²) >= 11 is 1.29. The SMILES string of the molecule is CCNC(=O)Nc1sc2nc(C)ccc2c1C(=O)N1CCC2(CC1)N=C(CNCC(C)C)NC2=O. The highest BCUT2D eigenvalue weighted by atomic mass is 32.1. The minimum absolute atomic E-state index is 0.0924. The molecule has 0 radical (unpaired) electrons. The van der Waals surface area contributed by atoms with Crippen LogP contribution in [0.15, 0.2) is 17.1 Å². The number of carbonyl (C=O) groups is 3. The number of amidine groups is 1. The molecule has 4 heterocycles. The average molecular weight is 500 g/mol. The Bertz CT molecular complexity index is 1170. The number of rotatable bonds is 7. The van der Waals surface area contributed by atoms with Gasteiger partial charge in [0.05, 0.1) is 12.1 Å². The van der Waals surface area contributed by atoms with Gasteiger partial charge in [-0.1, -0.05) is 25.2 Å². The van der Waals surface area contributed by atoms with Gasteiger partial charge >= 0.3 is 6.03 Å². The third kappa shape index (κ3) is 5.30. The number of anilines is 1. The second kappa shape index (κ2) is 10.3. The zero-order chi connectivity index (χ0) is 25.2. The molecule has 0 aliphatic carbocycles. The molecular weight excluding hydrogens is 466 g/mol. The minimum atomic E-state index is -0.816. The Morgan fingerprint density at radius 1 is 1.26 bits per heavy atom.